The highest BCUT2D eigenvalue weighted by Crippen LogP contribution is 2.24. The van der Waals surface area contributed by atoms with Gasteiger partial charge in [0.15, 0.2) is 0 Å². The third-order valence-electron chi connectivity index (χ3n) is 5.60. The summed E-state index contributed by atoms with van der Waals surface area (Å²) in [6, 6.07) is 12.9. The van der Waals surface area contributed by atoms with Crippen molar-refractivity contribution in [3.8, 4) is 11.3 Å². The molecule has 0 saturated carbocycles. The Morgan fingerprint density at radius 1 is 1.00 bits per heavy atom. The molecule has 0 radical (unpaired) electrons. The van der Waals surface area contributed by atoms with E-state index >= 15 is 0 Å². The Labute approximate surface area is 162 Å². The van der Waals surface area contributed by atoms with Gasteiger partial charge in [0, 0.05) is 44.4 Å². The summed E-state index contributed by atoms with van der Waals surface area (Å²) in [6.45, 7) is 8.22. The predicted molar refractivity (Wildman–Crippen MR) is 110 cm³/mol. The molecule has 0 aliphatic carbocycles. The molecule has 146 valence electrons. The van der Waals surface area contributed by atoms with Gasteiger partial charge < -0.3 is 15.1 Å². The molecule has 3 rings (SSSR count). The van der Waals surface area contributed by atoms with Gasteiger partial charge in [0.1, 0.15) is 5.82 Å². The number of hydrogen-bond donors (Lipinski definition) is 2. The van der Waals surface area contributed by atoms with Crippen LogP contribution in [0.1, 0.15) is 24.0 Å². The molecule has 0 spiro atoms. The number of nitrogens with zero attached hydrogens (tertiary/aromatic N) is 3. The van der Waals surface area contributed by atoms with Gasteiger partial charge in [-0.2, -0.15) is 0 Å². The van der Waals surface area contributed by atoms with Gasteiger partial charge in [-0.1, -0.05) is 18.2 Å². The van der Waals surface area contributed by atoms with Crippen LogP contribution >= 0.6 is 0 Å². The summed E-state index contributed by atoms with van der Waals surface area (Å²) < 4.78 is 0. The topological polar surface area (TPSA) is 59.8 Å². The van der Waals surface area contributed by atoms with E-state index in [0.29, 0.717) is 0 Å². The number of rotatable bonds is 7. The Kier molecular flexibility index (Phi) is 6.83. The quantitative estimate of drug-likeness (QED) is 0.786. The summed E-state index contributed by atoms with van der Waals surface area (Å²) in [4.78, 5) is 9.56. The number of aliphatic hydroxyl groups is 2. The molecule has 0 amide bonds. The van der Waals surface area contributed by atoms with E-state index in [1.54, 1.807) is 0 Å². The number of benzene rings is 1. The molecule has 2 N–H and O–H groups in total. The van der Waals surface area contributed by atoms with E-state index in [-0.39, 0.29) is 19.3 Å². The maximum atomic E-state index is 9.64. The number of hydrogen-bond acceptors (Lipinski definition) is 5. The first-order valence-electron chi connectivity index (χ1n) is 9.87. The number of aromatic nitrogens is 1. The van der Waals surface area contributed by atoms with Crippen LogP contribution in [0.3, 0.4) is 0 Å². The minimum atomic E-state index is 0.147. The largest absolute Gasteiger partial charge is 0.396 e. The van der Waals surface area contributed by atoms with Gasteiger partial charge in [0.05, 0.1) is 12.3 Å². The normalized spacial score (nSPS) is 16.5. The zero-order valence-corrected chi connectivity index (χ0v) is 16.4. The van der Waals surface area contributed by atoms with E-state index in [9.17, 15) is 5.11 Å². The van der Waals surface area contributed by atoms with Crippen LogP contribution in [0.4, 0.5) is 5.82 Å². The third kappa shape index (κ3) is 4.86. The zero-order valence-electron chi connectivity index (χ0n) is 16.4. The molecule has 1 aromatic heterocycles. The first-order chi connectivity index (χ1) is 13.1. The van der Waals surface area contributed by atoms with Crippen molar-refractivity contribution in [3.63, 3.8) is 0 Å². The highest BCUT2D eigenvalue weighted by atomic mass is 16.3. The van der Waals surface area contributed by atoms with Crippen molar-refractivity contribution in [2.24, 2.45) is 0 Å². The lowest BCUT2D eigenvalue weighted by atomic mass is 10.0. The summed E-state index contributed by atoms with van der Waals surface area (Å²) in [5, 5.41) is 18.7. The van der Waals surface area contributed by atoms with E-state index < -0.39 is 0 Å². The lowest BCUT2D eigenvalue weighted by molar-refractivity contribution is 0.104. The standard InChI is InChI=1S/C22H31N3O2/c1-17-8-9-19(15-18(17)2)21-6-3-7-22(23-21)25-12-10-24(11-13-25)20(16-27)5-4-14-26/h3,6-9,15,20,26-27H,4-5,10-14,16H2,1-2H3. The van der Waals surface area contributed by atoms with Gasteiger partial charge in [-0.25, -0.2) is 4.98 Å². The molecule has 5 nitrogen and oxygen atoms in total. The average Bonchev–Trinajstić information content (AvgIpc) is 2.71. The predicted octanol–water partition coefficient (Wildman–Crippen LogP) is 2.62. The average molecular weight is 370 g/mol. The molecule has 5 heteroatoms. The monoisotopic (exact) mass is 369 g/mol. The number of aryl methyl sites for hydroxylation is 2. The first kappa shape index (κ1) is 19.8. The maximum absolute atomic E-state index is 9.64. The summed E-state index contributed by atoms with van der Waals surface area (Å²) in [5.41, 5.74) is 4.74. The molecule has 1 fully saturated rings. The highest BCUT2D eigenvalue weighted by molar-refractivity contribution is 5.63. The van der Waals surface area contributed by atoms with Crippen molar-refractivity contribution in [3.05, 3.63) is 47.5 Å². The smallest absolute Gasteiger partial charge is 0.129 e. The van der Waals surface area contributed by atoms with E-state index in [2.05, 4.69) is 60.0 Å². The number of anilines is 1. The number of aliphatic hydroxyl groups excluding tert-OH is 2. The van der Waals surface area contributed by atoms with Crippen molar-refractivity contribution in [1.82, 2.24) is 9.88 Å². The van der Waals surface area contributed by atoms with Gasteiger partial charge in [-0.3, -0.25) is 4.90 Å². The van der Waals surface area contributed by atoms with E-state index in [0.717, 1.165) is 56.1 Å². The molecule has 1 aliphatic rings. The molecule has 1 aromatic carbocycles. The van der Waals surface area contributed by atoms with Crippen LogP contribution in [0.2, 0.25) is 0 Å². The fourth-order valence-corrected chi connectivity index (χ4v) is 3.69. The molecule has 1 unspecified atom stereocenters. The summed E-state index contributed by atoms with van der Waals surface area (Å²) in [6.07, 6.45) is 1.58. The van der Waals surface area contributed by atoms with Crippen LogP contribution in [0.25, 0.3) is 11.3 Å². The molecule has 2 heterocycles. The number of piperazine rings is 1. The van der Waals surface area contributed by atoms with E-state index in [1.165, 1.54) is 11.1 Å². The molecule has 1 saturated heterocycles. The Hall–Kier alpha value is -1.95. The van der Waals surface area contributed by atoms with Gasteiger partial charge in [0.25, 0.3) is 0 Å². The molecular weight excluding hydrogens is 338 g/mol. The Morgan fingerprint density at radius 3 is 2.44 bits per heavy atom. The molecule has 1 atom stereocenters. The van der Waals surface area contributed by atoms with Gasteiger partial charge in [-0.15, -0.1) is 0 Å². The van der Waals surface area contributed by atoms with Crippen LogP contribution in [0.15, 0.2) is 36.4 Å². The van der Waals surface area contributed by atoms with Gasteiger partial charge >= 0.3 is 0 Å². The Morgan fingerprint density at radius 2 is 1.78 bits per heavy atom. The second-order valence-electron chi connectivity index (χ2n) is 7.41. The van der Waals surface area contributed by atoms with Crippen molar-refractivity contribution in [2.75, 3.05) is 44.3 Å². The van der Waals surface area contributed by atoms with Crippen LogP contribution < -0.4 is 4.90 Å². The maximum Gasteiger partial charge on any atom is 0.129 e. The number of pyridine rings is 1. The fourth-order valence-electron chi connectivity index (χ4n) is 3.69. The second-order valence-corrected chi connectivity index (χ2v) is 7.41. The van der Waals surface area contributed by atoms with E-state index in [1.807, 2.05) is 0 Å². The van der Waals surface area contributed by atoms with Crippen molar-refractivity contribution >= 4 is 5.82 Å². The first-order valence-corrected chi connectivity index (χ1v) is 9.87. The Bertz CT molecular complexity index is 742. The molecular formula is C22H31N3O2. The van der Waals surface area contributed by atoms with Gasteiger partial charge in [-0.05, 0) is 56.0 Å². The summed E-state index contributed by atoms with van der Waals surface area (Å²) in [7, 11) is 0. The summed E-state index contributed by atoms with van der Waals surface area (Å²) >= 11 is 0. The summed E-state index contributed by atoms with van der Waals surface area (Å²) in [5.74, 6) is 1.02. The third-order valence-corrected chi connectivity index (χ3v) is 5.60. The fraction of sp³-hybridized carbons (Fsp3) is 0.500. The van der Waals surface area contributed by atoms with Crippen LogP contribution in [-0.2, 0) is 0 Å². The van der Waals surface area contributed by atoms with Crippen LogP contribution in [-0.4, -0.2) is 65.5 Å². The molecule has 0 bridgehead atoms. The SMILES string of the molecule is Cc1ccc(-c2cccc(N3CCN(C(CO)CCCO)CC3)n2)cc1C. The van der Waals surface area contributed by atoms with Crippen molar-refractivity contribution in [1.29, 1.82) is 0 Å². The molecule has 1 aliphatic heterocycles. The zero-order chi connectivity index (χ0) is 19.2. The van der Waals surface area contributed by atoms with Crippen LogP contribution in [0, 0.1) is 13.8 Å². The lowest BCUT2D eigenvalue weighted by Crippen LogP contribution is -2.51. The second kappa shape index (κ2) is 9.31. The van der Waals surface area contributed by atoms with Crippen molar-refractivity contribution in [2.45, 2.75) is 32.7 Å². The molecule has 2 aromatic rings. The van der Waals surface area contributed by atoms with E-state index in [4.69, 9.17) is 10.1 Å². The minimum Gasteiger partial charge on any atom is -0.396 e. The minimum absolute atomic E-state index is 0.147. The lowest BCUT2D eigenvalue weighted by Gasteiger charge is -2.39. The van der Waals surface area contributed by atoms with Crippen LogP contribution in [0.5, 0.6) is 0 Å². The molecule has 27 heavy (non-hydrogen) atoms. The highest BCUT2D eigenvalue weighted by Gasteiger charge is 2.23. The van der Waals surface area contributed by atoms with Crippen molar-refractivity contribution < 1.29 is 10.2 Å². The Balaban J connectivity index is 1.67. The van der Waals surface area contributed by atoms with Gasteiger partial charge in [0.2, 0.25) is 0 Å².